The summed E-state index contributed by atoms with van der Waals surface area (Å²) in [4.78, 5) is 18.2. The van der Waals surface area contributed by atoms with Crippen LogP contribution in [-0.2, 0) is 0 Å². The third-order valence-corrected chi connectivity index (χ3v) is 3.76. The number of amides is 1. The number of nitrogens with zero attached hydrogens (tertiary/aromatic N) is 2. The van der Waals surface area contributed by atoms with E-state index in [-0.39, 0.29) is 5.91 Å². The maximum Gasteiger partial charge on any atom is 0.254 e. The second-order valence-corrected chi connectivity index (χ2v) is 5.10. The van der Waals surface area contributed by atoms with Gasteiger partial charge in [0, 0.05) is 25.0 Å². The number of aromatic nitrogens is 1. The van der Waals surface area contributed by atoms with Crippen molar-refractivity contribution in [1.29, 1.82) is 0 Å². The van der Waals surface area contributed by atoms with Crippen molar-refractivity contribution in [3.8, 4) is 0 Å². The van der Waals surface area contributed by atoms with Crippen LogP contribution in [0.1, 0.15) is 29.6 Å². The van der Waals surface area contributed by atoms with E-state index in [2.05, 4.69) is 22.2 Å². The Hall–Kier alpha value is -1.13. The SMILES string of the molecule is CN1CCCCC1CNC(=O)c1cnccc1Cl. The number of carbonyl (C=O) groups is 1. The van der Waals surface area contributed by atoms with Crippen molar-refractivity contribution in [2.45, 2.75) is 25.3 Å². The zero-order valence-electron chi connectivity index (χ0n) is 10.5. The Bertz CT molecular complexity index is 424. The first kappa shape index (κ1) is 13.3. The highest BCUT2D eigenvalue weighted by molar-refractivity contribution is 6.33. The molecule has 98 valence electrons. The van der Waals surface area contributed by atoms with Crippen LogP contribution in [0, 0.1) is 0 Å². The van der Waals surface area contributed by atoms with Gasteiger partial charge in [-0.2, -0.15) is 0 Å². The first-order valence-electron chi connectivity index (χ1n) is 6.26. The molecule has 2 rings (SSSR count). The maximum atomic E-state index is 12.0. The number of rotatable bonds is 3. The molecule has 0 bridgehead atoms. The smallest absolute Gasteiger partial charge is 0.254 e. The van der Waals surface area contributed by atoms with Gasteiger partial charge in [0.25, 0.3) is 5.91 Å². The molecule has 4 nitrogen and oxygen atoms in total. The van der Waals surface area contributed by atoms with Crippen LogP contribution >= 0.6 is 11.6 Å². The van der Waals surface area contributed by atoms with E-state index in [9.17, 15) is 4.79 Å². The van der Waals surface area contributed by atoms with Gasteiger partial charge in [-0.25, -0.2) is 0 Å². The Labute approximate surface area is 112 Å². The molecular weight excluding hydrogens is 250 g/mol. The van der Waals surface area contributed by atoms with E-state index < -0.39 is 0 Å². The van der Waals surface area contributed by atoms with E-state index in [1.54, 1.807) is 12.3 Å². The van der Waals surface area contributed by atoms with E-state index in [1.165, 1.54) is 19.0 Å². The van der Waals surface area contributed by atoms with Crippen LogP contribution in [0.25, 0.3) is 0 Å². The number of halogens is 1. The molecule has 1 aromatic rings. The van der Waals surface area contributed by atoms with Crippen LogP contribution in [0.4, 0.5) is 0 Å². The lowest BCUT2D eigenvalue weighted by atomic mass is 10.0. The summed E-state index contributed by atoms with van der Waals surface area (Å²) in [5.41, 5.74) is 0.442. The Balaban J connectivity index is 1.90. The molecule has 0 aromatic carbocycles. The Morgan fingerprint density at radius 3 is 3.17 bits per heavy atom. The zero-order valence-corrected chi connectivity index (χ0v) is 11.3. The number of carbonyl (C=O) groups excluding carboxylic acids is 1. The van der Waals surface area contributed by atoms with E-state index in [4.69, 9.17) is 11.6 Å². The van der Waals surface area contributed by atoms with E-state index in [0.717, 1.165) is 13.0 Å². The fraction of sp³-hybridized carbons (Fsp3) is 0.538. The predicted octanol–water partition coefficient (Wildman–Crippen LogP) is 1.95. The second-order valence-electron chi connectivity index (χ2n) is 4.70. The van der Waals surface area contributed by atoms with Crippen molar-refractivity contribution < 1.29 is 4.79 Å². The van der Waals surface area contributed by atoms with Crippen LogP contribution in [0.5, 0.6) is 0 Å². The first-order chi connectivity index (χ1) is 8.68. The molecule has 1 saturated heterocycles. The highest BCUT2D eigenvalue weighted by Crippen LogP contribution is 2.15. The van der Waals surface area contributed by atoms with Crippen LogP contribution in [0.15, 0.2) is 18.5 Å². The molecule has 0 saturated carbocycles. The van der Waals surface area contributed by atoms with Crippen LogP contribution < -0.4 is 5.32 Å². The lowest BCUT2D eigenvalue weighted by Crippen LogP contribution is -2.44. The van der Waals surface area contributed by atoms with Crippen LogP contribution in [-0.4, -0.2) is 42.0 Å². The molecule has 1 aromatic heterocycles. The number of piperidine rings is 1. The molecule has 1 N–H and O–H groups in total. The monoisotopic (exact) mass is 267 g/mol. The van der Waals surface area contributed by atoms with Crippen LogP contribution in [0.3, 0.4) is 0 Å². The van der Waals surface area contributed by atoms with Crippen molar-refractivity contribution >= 4 is 17.5 Å². The Morgan fingerprint density at radius 1 is 1.61 bits per heavy atom. The van der Waals surface area contributed by atoms with Crippen LogP contribution in [0.2, 0.25) is 5.02 Å². The maximum absolute atomic E-state index is 12.0. The number of likely N-dealkylation sites (N-methyl/N-ethyl adjacent to an activating group) is 1. The lowest BCUT2D eigenvalue weighted by molar-refractivity contribution is 0.0928. The molecule has 0 spiro atoms. The highest BCUT2D eigenvalue weighted by Gasteiger charge is 2.20. The molecule has 1 atom stereocenters. The van der Waals surface area contributed by atoms with Gasteiger partial charge < -0.3 is 10.2 Å². The molecule has 18 heavy (non-hydrogen) atoms. The fourth-order valence-corrected chi connectivity index (χ4v) is 2.44. The van der Waals surface area contributed by atoms with Gasteiger partial charge in [0.1, 0.15) is 0 Å². The number of nitrogens with one attached hydrogen (secondary N) is 1. The molecule has 1 fully saturated rings. The summed E-state index contributed by atoms with van der Waals surface area (Å²) in [5.74, 6) is -0.146. The second kappa shape index (κ2) is 6.16. The summed E-state index contributed by atoms with van der Waals surface area (Å²) in [5, 5.41) is 3.38. The summed E-state index contributed by atoms with van der Waals surface area (Å²) < 4.78 is 0. The van der Waals surface area contributed by atoms with Gasteiger partial charge in [-0.3, -0.25) is 9.78 Å². The quantitative estimate of drug-likeness (QED) is 0.911. The van der Waals surface area contributed by atoms with E-state index in [1.807, 2.05) is 0 Å². The van der Waals surface area contributed by atoms with Gasteiger partial charge >= 0.3 is 0 Å². The van der Waals surface area contributed by atoms with Crippen molar-refractivity contribution in [3.05, 3.63) is 29.0 Å². The molecule has 2 heterocycles. The minimum absolute atomic E-state index is 0.146. The van der Waals surface area contributed by atoms with Gasteiger partial charge in [-0.15, -0.1) is 0 Å². The summed E-state index contributed by atoms with van der Waals surface area (Å²) in [6, 6.07) is 2.06. The molecule has 1 aliphatic heterocycles. The molecule has 0 radical (unpaired) electrons. The lowest BCUT2D eigenvalue weighted by Gasteiger charge is -2.32. The van der Waals surface area contributed by atoms with E-state index >= 15 is 0 Å². The number of likely N-dealkylation sites (tertiary alicyclic amines) is 1. The number of hydrogen-bond donors (Lipinski definition) is 1. The van der Waals surface area contributed by atoms with Crippen molar-refractivity contribution in [3.63, 3.8) is 0 Å². The molecule has 1 amide bonds. The standard InChI is InChI=1S/C13H18ClN3O/c1-17-7-3-2-4-10(17)8-16-13(18)11-9-15-6-5-12(11)14/h5-6,9-10H,2-4,7-8H2,1H3,(H,16,18). The van der Waals surface area contributed by atoms with Gasteiger partial charge in [-0.1, -0.05) is 18.0 Å². The predicted molar refractivity (Wildman–Crippen MR) is 71.8 cm³/mol. The molecule has 0 aliphatic carbocycles. The Morgan fingerprint density at radius 2 is 2.44 bits per heavy atom. The van der Waals surface area contributed by atoms with Crippen molar-refractivity contribution in [2.24, 2.45) is 0 Å². The molecule has 1 aliphatic rings. The largest absolute Gasteiger partial charge is 0.350 e. The van der Waals surface area contributed by atoms with Crippen molar-refractivity contribution in [1.82, 2.24) is 15.2 Å². The Kier molecular flexibility index (Phi) is 4.55. The number of hydrogen-bond acceptors (Lipinski definition) is 3. The average Bonchev–Trinajstić information content (AvgIpc) is 2.38. The summed E-state index contributed by atoms with van der Waals surface area (Å²) in [6.07, 6.45) is 6.70. The normalized spacial score (nSPS) is 20.7. The molecule has 5 heteroatoms. The summed E-state index contributed by atoms with van der Waals surface area (Å²) in [6.45, 7) is 1.77. The third kappa shape index (κ3) is 3.21. The van der Waals surface area contributed by atoms with Gasteiger partial charge in [0.2, 0.25) is 0 Å². The highest BCUT2D eigenvalue weighted by atomic mass is 35.5. The summed E-state index contributed by atoms with van der Waals surface area (Å²) >= 11 is 5.96. The third-order valence-electron chi connectivity index (χ3n) is 3.43. The van der Waals surface area contributed by atoms with Gasteiger partial charge in [0.15, 0.2) is 0 Å². The first-order valence-corrected chi connectivity index (χ1v) is 6.64. The van der Waals surface area contributed by atoms with Gasteiger partial charge in [-0.05, 0) is 32.5 Å². The molecule has 1 unspecified atom stereocenters. The zero-order chi connectivity index (χ0) is 13.0. The minimum Gasteiger partial charge on any atom is -0.350 e. The average molecular weight is 268 g/mol. The van der Waals surface area contributed by atoms with Crippen molar-refractivity contribution in [2.75, 3.05) is 20.1 Å². The topological polar surface area (TPSA) is 45.2 Å². The summed E-state index contributed by atoms with van der Waals surface area (Å²) in [7, 11) is 2.10. The number of pyridine rings is 1. The van der Waals surface area contributed by atoms with E-state index in [0.29, 0.717) is 23.2 Å². The van der Waals surface area contributed by atoms with Gasteiger partial charge in [0.05, 0.1) is 10.6 Å². The molecular formula is C13H18ClN3O. The fourth-order valence-electron chi connectivity index (χ4n) is 2.25. The minimum atomic E-state index is -0.146.